The molecule has 0 atom stereocenters. The Labute approximate surface area is 170 Å². The second kappa shape index (κ2) is 8.32. The van der Waals surface area contributed by atoms with Crippen LogP contribution in [0.3, 0.4) is 0 Å². The summed E-state index contributed by atoms with van der Waals surface area (Å²) in [7, 11) is 0. The van der Waals surface area contributed by atoms with Crippen molar-refractivity contribution in [3.63, 3.8) is 0 Å². The van der Waals surface area contributed by atoms with Crippen LogP contribution >= 0.6 is 34.8 Å². The van der Waals surface area contributed by atoms with Crippen molar-refractivity contribution in [1.29, 1.82) is 5.26 Å². The number of nitrogens with zero attached hydrogens (tertiary/aromatic N) is 1. The van der Waals surface area contributed by atoms with E-state index in [2.05, 4.69) is 5.32 Å². The van der Waals surface area contributed by atoms with Gasteiger partial charge in [0.15, 0.2) is 0 Å². The second-order valence-electron chi connectivity index (χ2n) is 5.43. The van der Waals surface area contributed by atoms with Crippen molar-refractivity contribution in [1.82, 2.24) is 0 Å². The fraction of sp³-hybridized carbons (Fsp3) is 0. The number of rotatable bonds is 4. The lowest BCUT2D eigenvalue weighted by molar-refractivity contribution is -0.112. The van der Waals surface area contributed by atoms with E-state index in [1.54, 1.807) is 42.5 Å². The molecule has 3 rings (SSSR count). The van der Waals surface area contributed by atoms with Crippen molar-refractivity contribution in [2.24, 2.45) is 0 Å². The molecule has 0 saturated carbocycles. The SMILES string of the molecule is N#C/C(=C\c1ccc(-c2ccc(Cl)cc2)o1)C(=O)Nc1c(Cl)cccc1Cl. The van der Waals surface area contributed by atoms with Gasteiger partial charge in [-0.3, -0.25) is 4.79 Å². The van der Waals surface area contributed by atoms with E-state index in [-0.39, 0.29) is 21.3 Å². The number of anilines is 1. The normalized spacial score (nSPS) is 11.1. The minimum absolute atomic E-state index is 0.150. The van der Waals surface area contributed by atoms with E-state index in [9.17, 15) is 10.1 Å². The van der Waals surface area contributed by atoms with Gasteiger partial charge in [-0.2, -0.15) is 5.26 Å². The molecule has 1 heterocycles. The van der Waals surface area contributed by atoms with Crippen LogP contribution in [0, 0.1) is 11.3 Å². The van der Waals surface area contributed by atoms with Crippen LogP contribution in [0.2, 0.25) is 15.1 Å². The van der Waals surface area contributed by atoms with Crippen LogP contribution in [0.4, 0.5) is 5.69 Å². The first kappa shape index (κ1) is 19.1. The molecule has 1 amide bonds. The Bertz CT molecular complexity index is 1040. The van der Waals surface area contributed by atoms with Gasteiger partial charge in [0.25, 0.3) is 5.91 Å². The number of benzene rings is 2. The number of para-hydroxylation sites is 1. The highest BCUT2D eigenvalue weighted by molar-refractivity contribution is 6.40. The Morgan fingerprint density at radius 1 is 1.00 bits per heavy atom. The summed E-state index contributed by atoms with van der Waals surface area (Å²) in [5.74, 6) is 0.304. The van der Waals surface area contributed by atoms with E-state index in [0.717, 1.165) is 5.56 Å². The van der Waals surface area contributed by atoms with Crippen molar-refractivity contribution < 1.29 is 9.21 Å². The molecular formula is C20H11Cl3N2O2. The molecule has 3 aromatic rings. The quantitative estimate of drug-likeness (QED) is 0.392. The third-order valence-corrected chi connectivity index (χ3v) is 4.49. The topological polar surface area (TPSA) is 66.0 Å². The molecule has 134 valence electrons. The molecule has 2 aromatic carbocycles. The standard InChI is InChI=1S/C20H11Cl3N2O2/c21-14-6-4-12(5-7-14)18-9-8-15(27-18)10-13(11-24)20(26)25-19-16(22)2-1-3-17(19)23/h1-10H,(H,25,26)/b13-10+. The van der Waals surface area contributed by atoms with Crippen LogP contribution in [-0.2, 0) is 4.79 Å². The summed E-state index contributed by atoms with van der Waals surface area (Å²) in [6.45, 7) is 0. The minimum Gasteiger partial charge on any atom is -0.457 e. The van der Waals surface area contributed by atoms with Crippen LogP contribution in [0.5, 0.6) is 0 Å². The van der Waals surface area contributed by atoms with Gasteiger partial charge in [0.1, 0.15) is 23.2 Å². The maximum Gasteiger partial charge on any atom is 0.266 e. The van der Waals surface area contributed by atoms with E-state index in [0.29, 0.717) is 16.5 Å². The smallest absolute Gasteiger partial charge is 0.266 e. The molecule has 0 radical (unpaired) electrons. The lowest BCUT2D eigenvalue weighted by Crippen LogP contribution is -2.14. The van der Waals surface area contributed by atoms with E-state index in [1.165, 1.54) is 6.08 Å². The third kappa shape index (κ3) is 4.53. The number of furan rings is 1. The van der Waals surface area contributed by atoms with Crippen LogP contribution < -0.4 is 5.32 Å². The van der Waals surface area contributed by atoms with Gasteiger partial charge < -0.3 is 9.73 Å². The highest BCUT2D eigenvalue weighted by Crippen LogP contribution is 2.30. The summed E-state index contributed by atoms with van der Waals surface area (Å²) >= 11 is 17.9. The Hall–Kier alpha value is -2.71. The molecule has 4 nitrogen and oxygen atoms in total. The molecule has 0 aliphatic carbocycles. The first-order valence-electron chi connectivity index (χ1n) is 7.71. The zero-order valence-electron chi connectivity index (χ0n) is 13.7. The molecule has 0 fully saturated rings. The van der Waals surface area contributed by atoms with E-state index >= 15 is 0 Å². The monoisotopic (exact) mass is 416 g/mol. The second-order valence-corrected chi connectivity index (χ2v) is 6.68. The molecular weight excluding hydrogens is 407 g/mol. The summed E-state index contributed by atoms with van der Waals surface area (Å²) in [6, 6.07) is 17.2. The molecule has 0 aliphatic rings. The highest BCUT2D eigenvalue weighted by Gasteiger charge is 2.15. The maximum atomic E-state index is 12.4. The molecule has 7 heteroatoms. The fourth-order valence-corrected chi connectivity index (χ4v) is 2.91. The number of nitrogens with one attached hydrogen (secondary N) is 1. The molecule has 1 N–H and O–H groups in total. The first-order chi connectivity index (χ1) is 13.0. The molecule has 1 aromatic heterocycles. The van der Waals surface area contributed by atoms with E-state index in [4.69, 9.17) is 39.2 Å². The zero-order valence-corrected chi connectivity index (χ0v) is 15.9. The van der Waals surface area contributed by atoms with Gasteiger partial charge in [-0.25, -0.2) is 0 Å². The predicted molar refractivity (Wildman–Crippen MR) is 108 cm³/mol. The van der Waals surface area contributed by atoms with Crippen LogP contribution in [0.1, 0.15) is 5.76 Å². The number of halogens is 3. The summed E-state index contributed by atoms with van der Waals surface area (Å²) in [4.78, 5) is 12.4. The lowest BCUT2D eigenvalue weighted by Gasteiger charge is -2.08. The predicted octanol–water partition coefficient (Wildman–Crippen LogP) is 6.45. The van der Waals surface area contributed by atoms with E-state index in [1.807, 2.05) is 18.2 Å². The molecule has 0 saturated heterocycles. The van der Waals surface area contributed by atoms with Gasteiger partial charge >= 0.3 is 0 Å². The van der Waals surface area contributed by atoms with Crippen LogP contribution in [-0.4, -0.2) is 5.91 Å². The Morgan fingerprint density at radius 3 is 2.30 bits per heavy atom. The van der Waals surface area contributed by atoms with Crippen molar-refractivity contribution in [2.45, 2.75) is 0 Å². The molecule has 0 bridgehead atoms. The van der Waals surface area contributed by atoms with Crippen LogP contribution in [0.25, 0.3) is 17.4 Å². The highest BCUT2D eigenvalue weighted by atomic mass is 35.5. The third-order valence-electron chi connectivity index (χ3n) is 3.61. The largest absolute Gasteiger partial charge is 0.457 e. The molecule has 0 unspecified atom stereocenters. The molecule has 27 heavy (non-hydrogen) atoms. The average Bonchev–Trinajstić information content (AvgIpc) is 3.12. The van der Waals surface area contributed by atoms with Gasteiger partial charge in [0, 0.05) is 16.7 Å². The first-order valence-corrected chi connectivity index (χ1v) is 8.84. The summed E-state index contributed by atoms with van der Waals surface area (Å²) in [5, 5.41) is 13.0. The average molecular weight is 418 g/mol. The van der Waals surface area contributed by atoms with Crippen molar-refractivity contribution in [2.75, 3.05) is 5.32 Å². The summed E-state index contributed by atoms with van der Waals surface area (Å²) < 4.78 is 5.69. The van der Waals surface area contributed by atoms with Gasteiger partial charge in [-0.1, -0.05) is 40.9 Å². The van der Waals surface area contributed by atoms with Gasteiger partial charge in [0.05, 0.1) is 15.7 Å². The molecule has 0 aliphatic heterocycles. The summed E-state index contributed by atoms with van der Waals surface area (Å²) in [6.07, 6.45) is 1.35. The van der Waals surface area contributed by atoms with E-state index < -0.39 is 5.91 Å². The minimum atomic E-state index is -0.642. The Balaban J connectivity index is 1.83. The molecule has 0 spiro atoms. The number of carbonyl (C=O) groups excluding carboxylic acids is 1. The number of nitriles is 1. The number of carbonyl (C=O) groups is 1. The van der Waals surface area contributed by atoms with Crippen molar-refractivity contribution in [3.8, 4) is 17.4 Å². The van der Waals surface area contributed by atoms with Gasteiger partial charge in [0.2, 0.25) is 0 Å². The van der Waals surface area contributed by atoms with Crippen LogP contribution in [0.15, 0.2) is 64.6 Å². The van der Waals surface area contributed by atoms with Gasteiger partial charge in [-0.15, -0.1) is 0 Å². The number of hydrogen-bond donors (Lipinski definition) is 1. The lowest BCUT2D eigenvalue weighted by atomic mass is 10.2. The Kier molecular flexibility index (Phi) is 5.88. The van der Waals surface area contributed by atoms with Crippen molar-refractivity contribution >= 4 is 52.5 Å². The summed E-state index contributed by atoms with van der Waals surface area (Å²) in [5.41, 5.74) is 0.918. The zero-order chi connectivity index (χ0) is 19.4. The fourth-order valence-electron chi connectivity index (χ4n) is 2.29. The number of hydrogen-bond acceptors (Lipinski definition) is 3. The maximum absolute atomic E-state index is 12.4. The Morgan fingerprint density at radius 2 is 1.67 bits per heavy atom. The van der Waals surface area contributed by atoms with Crippen molar-refractivity contribution in [3.05, 3.63) is 81.0 Å². The number of amides is 1. The van der Waals surface area contributed by atoms with Gasteiger partial charge in [-0.05, 0) is 48.5 Å².